The average Bonchev–Trinajstić information content (AvgIpc) is 3.68. The molecule has 4 bridgehead atoms. The Hall–Kier alpha value is -1.53. The third-order valence-corrected chi connectivity index (χ3v) is 20.3. The van der Waals surface area contributed by atoms with Crippen molar-refractivity contribution in [3.8, 4) is 0 Å². The Morgan fingerprint density at radius 3 is 1.70 bits per heavy atom. The van der Waals surface area contributed by atoms with Crippen LogP contribution in [0, 0.1) is 91.3 Å². The first-order chi connectivity index (χ1) is 25.9. The predicted octanol–water partition coefficient (Wildman–Crippen LogP) is 7.81. The van der Waals surface area contributed by atoms with Crippen LogP contribution in [0.4, 0.5) is 0 Å². The zero-order valence-electron chi connectivity index (χ0n) is 36.7. The van der Waals surface area contributed by atoms with Gasteiger partial charge in [-0.3, -0.25) is 6.08 Å². The molecule has 0 aromatic heterocycles. The van der Waals surface area contributed by atoms with Crippen LogP contribution >= 0.6 is 0 Å². The Morgan fingerprint density at radius 2 is 1.21 bits per heavy atom. The molecule has 10 aliphatic rings. The van der Waals surface area contributed by atoms with Crippen molar-refractivity contribution in [1.82, 2.24) is 0 Å². The summed E-state index contributed by atoms with van der Waals surface area (Å²) in [5.41, 5.74) is 5.25. The number of fused-ring (bicyclic) bond motifs is 8. The fraction of sp³-hybridized carbons (Fsp3) is 0.556. The summed E-state index contributed by atoms with van der Waals surface area (Å²) in [6, 6.07) is 10.5. The SMILES string of the molecule is CC1=CC=CC2[CH-]C3(C)C4(C)C=CC=CC4(C)C4(C)C=CC=CC4(C)C3(C)C12C.CC1[C-]=CC(C2(C)C3CC4CC(C3)CC2C4)=C1.C[C](=[Zr+2])c1ccccc1.[Cl-].[Cl-]. The van der Waals surface area contributed by atoms with Gasteiger partial charge in [-0.15, -0.1) is 17.4 Å². The number of rotatable bonds is 2. The molecule has 6 fully saturated rings. The molecular formula is C54H68Cl2Zr-2. The van der Waals surface area contributed by atoms with Crippen LogP contribution in [0.2, 0.25) is 0 Å². The first-order valence-electron chi connectivity index (χ1n) is 21.7. The van der Waals surface area contributed by atoms with Crippen molar-refractivity contribution in [1.29, 1.82) is 0 Å². The van der Waals surface area contributed by atoms with Gasteiger partial charge in [0.1, 0.15) is 0 Å². The molecule has 0 nitrogen and oxygen atoms in total. The van der Waals surface area contributed by atoms with E-state index in [1.165, 1.54) is 64.3 Å². The standard InChI is InChI=1S/C29H37.C17H23.C8H8.2ClH.Zr/c1-21-14-13-15-22-20-27(6)25(4)18-10-9-16-23(25,2)24(3)17-11-12-19-26(24,5)29(27,8)28(21,22)7;1-11-3-4-14(5-11)17(2)15-7-12-6-13(9-15)10-16(17)8-12;1-2-8-6-4-3-5-7-8;;;/h9-20,22H,1-8H3;4-5,11-13,15-16H,6-10H2,1-2H3;3-7H,1H3;2*1H;/q2*-1;;;;+2/p-2. The fourth-order valence-corrected chi connectivity index (χ4v) is 15.9. The van der Waals surface area contributed by atoms with Gasteiger partial charge in [0.25, 0.3) is 0 Å². The first-order valence-corrected chi connectivity index (χ1v) is 23.0. The predicted molar refractivity (Wildman–Crippen MR) is 230 cm³/mol. The molecular weight excluding hydrogens is 811 g/mol. The molecule has 0 saturated heterocycles. The van der Waals surface area contributed by atoms with E-state index in [0.717, 1.165) is 23.7 Å². The molecule has 1 aromatic rings. The van der Waals surface area contributed by atoms with Crippen LogP contribution in [-0.2, 0) is 24.2 Å². The molecule has 0 radical (unpaired) electrons. The molecule has 0 amide bonds. The molecule has 10 aliphatic carbocycles. The molecule has 3 heteroatoms. The Labute approximate surface area is 375 Å². The van der Waals surface area contributed by atoms with Crippen molar-refractivity contribution in [2.45, 2.75) is 108 Å². The minimum Gasteiger partial charge on any atom is -1.00 e. The Kier molecular flexibility index (Phi) is 11.9. The van der Waals surface area contributed by atoms with E-state index in [9.17, 15) is 0 Å². The Balaban J connectivity index is 0.000000165. The average molecular weight is 879 g/mol. The van der Waals surface area contributed by atoms with Gasteiger partial charge in [-0.05, 0) is 84.4 Å². The van der Waals surface area contributed by atoms with E-state index in [4.69, 9.17) is 0 Å². The third-order valence-electron chi connectivity index (χ3n) is 19.6. The van der Waals surface area contributed by atoms with E-state index in [0.29, 0.717) is 17.3 Å². The van der Waals surface area contributed by atoms with Gasteiger partial charge in [-0.2, -0.15) is 11.6 Å². The van der Waals surface area contributed by atoms with Crippen LogP contribution in [0.1, 0.15) is 114 Å². The largest absolute Gasteiger partial charge is 1.00 e. The summed E-state index contributed by atoms with van der Waals surface area (Å²) in [6.07, 6.45) is 45.2. The van der Waals surface area contributed by atoms with Crippen LogP contribution < -0.4 is 24.8 Å². The second-order valence-electron chi connectivity index (χ2n) is 21.0. The Morgan fingerprint density at radius 1 is 0.702 bits per heavy atom. The van der Waals surface area contributed by atoms with Crippen molar-refractivity contribution in [2.75, 3.05) is 0 Å². The zero-order valence-corrected chi connectivity index (χ0v) is 40.7. The van der Waals surface area contributed by atoms with Gasteiger partial charge in [0, 0.05) is 10.8 Å². The molecule has 304 valence electrons. The van der Waals surface area contributed by atoms with Crippen LogP contribution in [0.15, 0.2) is 120 Å². The zero-order chi connectivity index (χ0) is 39.5. The van der Waals surface area contributed by atoms with Gasteiger partial charge < -0.3 is 31.2 Å². The van der Waals surface area contributed by atoms with Crippen LogP contribution in [0.25, 0.3) is 0 Å². The van der Waals surface area contributed by atoms with Gasteiger partial charge in [-0.25, -0.2) is 6.08 Å². The van der Waals surface area contributed by atoms with Crippen LogP contribution in [0.5, 0.6) is 0 Å². The summed E-state index contributed by atoms with van der Waals surface area (Å²) in [5.74, 6) is 5.14. The summed E-state index contributed by atoms with van der Waals surface area (Å²) < 4.78 is 1.46. The van der Waals surface area contributed by atoms with Crippen molar-refractivity contribution >= 4 is 3.21 Å². The molecule has 6 saturated carbocycles. The van der Waals surface area contributed by atoms with Crippen molar-refractivity contribution in [3.63, 3.8) is 0 Å². The van der Waals surface area contributed by atoms with Crippen molar-refractivity contribution in [2.24, 2.45) is 78.8 Å². The van der Waals surface area contributed by atoms with Gasteiger partial charge in [0.15, 0.2) is 0 Å². The minimum absolute atomic E-state index is 0. The fourth-order valence-electron chi connectivity index (χ4n) is 15.5. The topological polar surface area (TPSA) is 0 Å². The quantitative estimate of drug-likeness (QED) is 0.266. The van der Waals surface area contributed by atoms with E-state index in [-0.39, 0.29) is 62.7 Å². The number of benzene rings is 1. The summed E-state index contributed by atoms with van der Waals surface area (Å²) >= 11 is 1.51. The smallest absolute Gasteiger partial charge is 1.00 e. The van der Waals surface area contributed by atoms with E-state index in [2.05, 4.69) is 192 Å². The summed E-state index contributed by atoms with van der Waals surface area (Å²) in [4.78, 5) is 0. The van der Waals surface area contributed by atoms with Crippen LogP contribution in [-0.4, -0.2) is 3.21 Å². The summed E-state index contributed by atoms with van der Waals surface area (Å²) in [7, 11) is 0. The maximum atomic E-state index is 3.49. The van der Waals surface area contributed by atoms with Crippen molar-refractivity contribution < 1.29 is 49.0 Å². The third kappa shape index (κ3) is 5.75. The number of hydrogen-bond acceptors (Lipinski definition) is 0. The van der Waals surface area contributed by atoms with Gasteiger partial charge in [-0.1, -0.05) is 140 Å². The molecule has 0 heterocycles. The van der Waals surface area contributed by atoms with E-state index < -0.39 is 0 Å². The van der Waals surface area contributed by atoms with Gasteiger partial charge >= 0.3 is 70.3 Å². The maximum Gasteiger partial charge on any atom is -1.00 e. The Bertz CT molecular complexity index is 1960. The minimum atomic E-state index is 0. The number of halogens is 2. The molecule has 1 aromatic carbocycles. The molecule has 11 rings (SSSR count). The van der Waals surface area contributed by atoms with Crippen molar-refractivity contribution in [3.05, 3.63) is 139 Å². The number of hydrogen-bond donors (Lipinski definition) is 0. The number of allylic oxidation sites excluding steroid dienone is 16. The second kappa shape index (κ2) is 15.1. The van der Waals surface area contributed by atoms with E-state index in [1.54, 1.807) is 12.0 Å². The first kappa shape index (κ1) is 45.0. The van der Waals surface area contributed by atoms with E-state index in [1.807, 2.05) is 6.07 Å². The maximum absolute atomic E-state index is 3.49. The van der Waals surface area contributed by atoms with Crippen LogP contribution in [0.3, 0.4) is 0 Å². The molecule has 0 N–H and O–H groups in total. The van der Waals surface area contributed by atoms with Gasteiger partial charge in [0.2, 0.25) is 0 Å². The van der Waals surface area contributed by atoms with E-state index >= 15 is 0 Å². The molecule has 9 unspecified atom stereocenters. The summed E-state index contributed by atoms with van der Waals surface area (Å²) in [6.45, 7) is 27.3. The normalized spacial score (nSPS) is 48.0. The monoisotopic (exact) mass is 876 g/mol. The molecule has 57 heavy (non-hydrogen) atoms. The molecule has 0 aliphatic heterocycles. The molecule has 0 spiro atoms. The van der Waals surface area contributed by atoms with Gasteiger partial charge in [0.05, 0.1) is 0 Å². The molecule has 9 atom stereocenters. The second-order valence-corrected chi connectivity index (χ2v) is 22.8. The summed E-state index contributed by atoms with van der Waals surface area (Å²) in [5, 5.41) is 0.